The Balaban J connectivity index is 2.21. The Bertz CT molecular complexity index is 587. The monoisotopic (exact) mass is 328 g/mol. The predicted molar refractivity (Wildman–Crippen MR) is 80.1 cm³/mol. The van der Waals surface area contributed by atoms with E-state index in [1.54, 1.807) is 18.2 Å². The first kappa shape index (κ1) is 17.3. The van der Waals surface area contributed by atoms with Crippen LogP contribution in [0.15, 0.2) is 30.9 Å². The summed E-state index contributed by atoms with van der Waals surface area (Å²) >= 11 is 0. The minimum Gasteiger partial charge on any atom is -0.497 e. The number of halogens is 3. The molecule has 0 aromatic heterocycles. The second kappa shape index (κ2) is 7.04. The quantitative estimate of drug-likeness (QED) is 0.623. The number of carbonyl (C=O) groups is 1. The summed E-state index contributed by atoms with van der Waals surface area (Å²) in [5, 5.41) is 5.34. The third-order valence-electron chi connectivity index (χ3n) is 3.82. The lowest BCUT2D eigenvalue weighted by Crippen LogP contribution is -2.38. The summed E-state index contributed by atoms with van der Waals surface area (Å²) in [6.07, 6.45) is -2.02. The number of alkyl halides is 3. The molecule has 0 aliphatic heterocycles. The molecule has 23 heavy (non-hydrogen) atoms. The molecule has 1 aromatic carbocycles. The molecule has 2 rings (SSSR count). The number of fused-ring (bicyclic) bond motifs is 1. The zero-order chi connectivity index (χ0) is 17.0. The summed E-state index contributed by atoms with van der Waals surface area (Å²) in [6, 6.07) is 4.44. The van der Waals surface area contributed by atoms with E-state index < -0.39 is 18.1 Å². The number of rotatable bonds is 6. The molecule has 0 saturated carbocycles. The van der Waals surface area contributed by atoms with E-state index in [1.807, 2.05) is 6.07 Å². The van der Waals surface area contributed by atoms with Gasteiger partial charge < -0.3 is 15.4 Å². The maximum atomic E-state index is 12.5. The number of benzene rings is 1. The molecule has 2 N–H and O–H groups in total. The normalized spacial score (nSPS) is 20.0. The molecule has 0 radical (unpaired) electrons. The molecule has 0 fully saturated rings. The van der Waals surface area contributed by atoms with Crippen LogP contribution in [0, 0.1) is 0 Å². The number of amides is 1. The summed E-state index contributed by atoms with van der Waals surface area (Å²) < 4.78 is 42.6. The van der Waals surface area contributed by atoms with Gasteiger partial charge in [0.15, 0.2) is 0 Å². The third-order valence-corrected chi connectivity index (χ3v) is 3.82. The SMILES string of the molecule is C=CCCNC1C[C@H](NC(=O)C(F)(F)F)c2cc(OC)ccc21. The van der Waals surface area contributed by atoms with E-state index in [0.717, 1.165) is 12.0 Å². The number of hydrogen-bond donors (Lipinski definition) is 2. The smallest absolute Gasteiger partial charge is 0.471 e. The summed E-state index contributed by atoms with van der Waals surface area (Å²) in [4.78, 5) is 11.3. The summed E-state index contributed by atoms with van der Waals surface area (Å²) in [5.41, 5.74) is 1.53. The van der Waals surface area contributed by atoms with Crippen LogP contribution in [0.5, 0.6) is 5.75 Å². The molecule has 1 aromatic rings. The topological polar surface area (TPSA) is 50.4 Å². The molecule has 1 unspecified atom stereocenters. The molecule has 0 heterocycles. The average molecular weight is 328 g/mol. The Labute approximate surface area is 132 Å². The van der Waals surface area contributed by atoms with Crippen molar-refractivity contribution in [3.05, 3.63) is 42.0 Å². The molecule has 4 nitrogen and oxygen atoms in total. The highest BCUT2D eigenvalue weighted by molar-refractivity contribution is 5.82. The van der Waals surface area contributed by atoms with Crippen molar-refractivity contribution in [2.24, 2.45) is 0 Å². The Morgan fingerprint density at radius 2 is 2.13 bits per heavy atom. The fraction of sp³-hybridized carbons (Fsp3) is 0.438. The Morgan fingerprint density at radius 3 is 2.74 bits per heavy atom. The van der Waals surface area contributed by atoms with Crippen LogP contribution in [-0.2, 0) is 4.79 Å². The van der Waals surface area contributed by atoms with E-state index in [-0.39, 0.29) is 6.04 Å². The van der Waals surface area contributed by atoms with Gasteiger partial charge in [0.1, 0.15) is 5.75 Å². The highest BCUT2D eigenvalue weighted by atomic mass is 19.4. The number of nitrogens with one attached hydrogen (secondary N) is 2. The fourth-order valence-corrected chi connectivity index (χ4v) is 2.72. The first-order valence-corrected chi connectivity index (χ1v) is 7.26. The van der Waals surface area contributed by atoms with E-state index in [2.05, 4.69) is 17.2 Å². The molecule has 7 heteroatoms. The molecular formula is C16H19F3N2O2. The van der Waals surface area contributed by atoms with E-state index in [4.69, 9.17) is 4.74 Å². The number of ether oxygens (including phenoxy) is 1. The summed E-state index contributed by atoms with van der Waals surface area (Å²) in [6.45, 7) is 4.30. The molecular weight excluding hydrogens is 309 g/mol. The Morgan fingerprint density at radius 1 is 1.39 bits per heavy atom. The van der Waals surface area contributed by atoms with Crippen LogP contribution in [-0.4, -0.2) is 25.7 Å². The number of carbonyl (C=O) groups excluding carboxylic acids is 1. The van der Waals surface area contributed by atoms with Gasteiger partial charge in [0.05, 0.1) is 13.2 Å². The van der Waals surface area contributed by atoms with Crippen LogP contribution in [0.25, 0.3) is 0 Å². The summed E-state index contributed by atoms with van der Waals surface area (Å²) in [5.74, 6) is -1.38. The fourth-order valence-electron chi connectivity index (χ4n) is 2.72. The van der Waals surface area contributed by atoms with Gasteiger partial charge in [-0.05, 0) is 42.6 Å². The van der Waals surface area contributed by atoms with Crippen molar-refractivity contribution in [3.63, 3.8) is 0 Å². The number of methoxy groups -OCH3 is 1. The van der Waals surface area contributed by atoms with Crippen LogP contribution in [0.1, 0.15) is 36.1 Å². The van der Waals surface area contributed by atoms with Gasteiger partial charge in [0.25, 0.3) is 0 Å². The molecule has 0 saturated heterocycles. The molecule has 1 aliphatic rings. The lowest BCUT2D eigenvalue weighted by molar-refractivity contribution is -0.174. The predicted octanol–water partition coefficient (Wildman–Crippen LogP) is 3.03. The van der Waals surface area contributed by atoms with E-state index in [0.29, 0.717) is 24.3 Å². The molecule has 0 spiro atoms. The van der Waals surface area contributed by atoms with Gasteiger partial charge in [0.2, 0.25) is 0 Å². The van der Waals surface area contributed by atoms with Crippen molar-refractivity contribution >= 4 is 5.91 Å². The zero-order valence-corrected chi connectivity index (χ0v) is 12.7. The molecule has 1 amide bonds. The van der Waals surface area contributed by atoms with Gasteiger partial charge in [-0.15, -0.1) is 6.58 Å². The van der Waals surface area contributed by atoms with Crippen molar-refractivity contribution in [3.8, 4) is 5.75 Å². The standard InChI is InChI=1S/C16H19F3N2O2/c1-3-4-7-20-13-9-14(21-15(22)16(17,18)19)12-8-10(23-2)5-6-11(12)13/h3,5-6,8,13-14,20H,1,4,7,9H2,2H3,(H,21,22)/t13?,14-/m0/s1. The Hall–Kier alpha value is -2.02. The maximum Gasteiger partial charge on any atom is 0.471 e. The average Bonchev–Trinajstić information content (AvgIpc) is 2.84. The van der Waals surface area contributed by atoms with Gasteiger partial charge in [-0.1, -0.05) is 12.1 Å². The maximum absolute atomic E-state index is 12.5. The van der Waals surface area contributed by atoms with Crippen LogP contribution in [0.3, 0.4) is 0 Å². The lowest BCUT2D eigenvalue weighted by Gasteiger charge is -2.16. The van der Waals surface area contributed by atoms with Gasteiger partial charge >= 0.3 is 12.1 Å². The van der Waals surface area contributed by atoms with Crippen molar-refractivity contribution in [1.82, 2.24) is 10.6 Å². The molecule has 2 atom stereocenters. The van der Waals surface area contributed by atoms with Crippen molar-refractivity contribution in [2.45, 2.75) is 31.1 Å². The van der Waals surface area contributed by atoms with Crippen molar-refractivity contribution < 1.29 is 22.7 Å². The van der Waals surface area contributed by atoms with Gasteiger partial charge in [-0.25, -0.2) is 0 Å². The highest BCUT2D eigenvalue weighted by Crippen LogP contribution is 2.40. The number of hydrogen-bond acceptors (Lipinski definition) is 3. The first-order chi connectivity index (χ1) is 10.9. The second-order valence-electron chi connectivity index (χ2n) is 5.34. The minimum absolute atomic E-state index is 0.116. The first-order valence-electron chi connectivity index (χ1n) is 7.26. The van der Waals surface area contributed by atoms with E-state index in [1.165, 1.54) is 7.11 Å². The largest absolute Gasteiger partial charge is 0.497 e. The minimum atomic E-state index is -4.90. The van der Waals surface area contributed by atoms with Crippen LogP contribution in [0.2, 0.25) is 0 Å². The molecule has 1 aliphatic carbocycles. The van der Waals surface area contributed by atoms with E-state index in [9.17, 15) is 18.0 Å². The Kier molecular flexibility index (Phi) is 5.30. The van der Waals surface area contributed by atoms with E-state index >= 15 is 0 Å². The third kappa shape index (κ3) is 4.04. The van der Waals surface area contributed by atoms with Crippen LogP contribution >= 0.6 is 0 Å². The van der Waals surface area contributed by atoms with Crippen molar-refractivity contribution in [1.29, 1.82) is 0 Å². The molecule has 0 bridgehead atoms. The zero-order valence-electron chi connectivity index (χ0n) is 12.7. The second-order valence-corrected chi connectivity index (χ2v) is 5.34. The van der Waals surface area contributed by atoms with Crippen molar-refractivity contribution in [2.75, 3.05) is 13.7 Å². The van der Waals surface area contributed by atoms with Gasteiger partial charge in [0, 0.05) is 6.04 Å². The summed E-state index contributed by atoms with van der Waals surface area (Å²) in [7, 11) is 1.49. The van der Waals surface area contributed by atoms with Crippen LogP contribution < -0.4 is 15.4 Å². The van der Waals surface area contributed by atoms with Gasteiger partial charge in [-0.2, -0.15) is 13.2 Å². The van der Waals surface area contributed by atoms with Crippen LogP contribution in [0.4, 0.5) is 13.2 Å². The highest BCUT2D eigenvalue weighted by Gasteiger charge is 2.42. The molecule has 126 valence electrons. The lowest BCUT2D eigenvalue weighted by atomic mass is 10.1. The van der Waals surface area contributed by atoms with Gasteiger partial charge in [-0.3, -0.25) is 4.79 Å².